The summed E-state index contributed by atoms with van der Waals surface area (Å²) in [5.74, 6) is -0.290. The van der Waals surface area contributed by atoms with Gasteiger partial charge >= 0.3 is 0 Å². The van der Waals surface area contributed by atoms with Crippen LogP contribution in [0.25, 0.3) is 0 Å². The summed E-state index contributed by atoms with van der Waals surface area (Å²) in [4.78, 5) is 31.8. The molecule has 1 unspecified atom stereocenters. The highest BCUT2D eigenvalue weighted by molar-refractivity contribution is 8.15. The number of aryl methyl sites for hydroxylation is 1. The number of hydrogen-bond acceptors (Lipinski definition) is 5. The zero-order chi connectivity index (χ0) is 21.8. The van der Waals surface area contributed by atoms with Crippen molar-refractivity contribution in [2.24, 2.45) is 4.99 Å². The second-order valence-corrected chi connectivity index (χ2v) is 8.27. The lowest BCUT2D eigenvalue weighted by Gasteiger charge is -2.15. The highest BCUT2D eigenvalue weighted by atomic mass is 32.2. The molecule has 0 saturated carbocycles. The molecular formula is C23H20FN3O3S. The highest BCUT2D eigenvalue weighted by Gasteiger charge is 2.39. The van der Waals surface area contributed by atoms with Crippen LogP contribution in [0.3, 0.4) is 0 Å². The number of hydrogen-bond donors (Lipinski definition) is 1. The molecule has 2 amide bonds. The van der Waals surface area contributed by atoms with E-state index in [0.29, 0.717) is 16.6 Å². The van der Waals surface area contributed by atoms with Gasteiger partial charge in [-0.2, -0.15) is 0 Å². The average Bonchev–Trinajstić information content (AvgIpc) is 3.34. The third kappa shape index (κ3) is 5.21. The van der Waals surface area contributed by atoms with Crippen molar-refractivity contribution in [1.29, 1.82) is 0 Å². The van der Waals surface area contributed by atoms with E-state index in [9.17, 15) is 14.0 Å². The number of anilines is 1. The monoisotopic (exact) mass is 437 g/mol. The van der Waals surface area contributed by atoms with Gasteiger partial charge in [-0.25, -0.2) is 9.38 Å². The van der Waals surface area contributed by atoms with E-state index in [4.69, 9.17) is 4.42 Å². The number of amides is 2. The molecule has 1 atom stereocenters. The minimum Gasteiger partial charge on any atom is -0.467 e. The fourth-order valence-electron chi connectivity index (χ4n) is 3.15. The number of nitrogens with zero attached hydrogens (tertiary/aromatic N) is 2. The van der Waals surface area contributed by atoms with E-state index < -0.39 is 5.25 Å². The number of carbonyl (C=O) groups is 2. The lowest BCUT2D eigenvalue weighted by molar-refractivity contribution is -0.128. The van der Waals surface area contributed by atoms with Gasteiger partial charge in [0.25, 0.3) is 0 Å². The van der Waals surface area contributed by atoms with E-state index in [1.165, 1.54) is 36.0 Å². The van der Waals surface area contributed by atoms with Crippen molar-refractivity contribution >= 4 is 40.1 Å². The maximum atomic E-state index is 13.1. The van der Waals surface area contributed by atoms with Gasteiger partial charge in [0.05, 0.1) is 18.5 Å². The Hall–Kier alpha value is -3.39. The van der Waals surface area contributed by atoms with Crippen LogP contribution in [0.4, 0.5) is 15.8 Å². The quantitative estimate of drug-likeness (QED) is 0.596. The van der Waals surface area contributed by atoms with Crippen molar-refractivity contribution < 1.29 is 18.4 Å². The topological polar surface area (TPSA) is 74.9 Å². The molecule has 0 bridgehead atoms. The molecule has 8 heteroatoms. The molecular weight excluding hydrogens is 417 g/mol. The number of rotatable bonds is 6. The first-order valence-electron chi connectivity index (χ1n) is 9.69. The molecule has 1 aliphatic heterocycles. The SMILES string of the molecule is Cc1cccc(N=C2SC(CC(=O)Nc3ccc(F)cc3)C(=O)N2Cc2ccco2)c1. The minimum atomic E-state index is -0.612. The largest absolute Gasteiger partial charge is 0.467 e. The number of amidine groups is 1. The van der Waals surface area contributed by atoms with Crippen LogP contribution in [0.2, 0.25) is 0 Å². The van der Waals surface area contributed by atoms with Crippen molar-refractivity contribution in [2.45, 2.75) is 25.1 Å². The molecule has 2 aromatic carbocycles. The number of aliphatic imine (C=N–C) groups is 1. The molecule has 4 rings (SSSR count). The van der Waals surface area contributed by atoms with Gasteiger partial charge in [0, 0.05) is 12.1 Å². The summed E-state index contributed by atoms with van der Waals surface area (Å²) in [6.07, 6.45) is 1.52. The first-order chi connectivity index (χ1) is 15.0. The first kappa shape index (κ1) is 20.9. The summed E-state index contributed by atoms with van der Waals surface area (Å²) in [5.41, 5.74) is 2.27. The highest BCUT2D eigenvalue weighted by Crippen LogP contribution is 2.33. The molecule has 6 nitrogen and oxygen atoms in total. The number of thioether (sulfide) groups is 1. The molecule has 1 fully saturated rings. The van der Waals surface area contributed by atoms with E-state index in [0.717, 1.165) is 11.3 Å². The first-order valence-corrected chi connectivity index (χ1v) is 10.6. The van der Waals surface area contributed by atoms with Gasteiger partial charge in [-0.05, 0) is 61.0 Å². The van der Waals surface area contributed by atoms with Crippen molar-refractivity contribution in [3.8, 4) is 0 Å². The number of halogens is 1. The maximum Gasteiger partial charge on any atom is 0.243 e. The van der Waals surface area contributed by atoms with Crippen molar-refractivity contribution in [3.05, 3.63) is 84.1 Å². The Bertz CT molecular complexity index is 1110. The van der Waals surface area contributed by atoms with E-state index in [2.05, 4.69) is 10.3 Å². The van der Waals surface area contributed by atoms with Gasteiger partial charge in [-0.15, -0.1) is 0 Å². The van der Waals surface area contributed by atoms with Crippen molar-refractivity contribution in [2.75, 3.05) is 5.32 Å². The average molecular weight is 437 g/mol. The Morgan fingerprint density at radius 3 is 2.71 bits per heavy atom. The second kappa shape index (κ2) is 9.18. The smallest absolute Gasteiger partial charge is 0.243 e. The molecule has 0 spiro atoms. The second-order valence-electron chi connectivity index (χ2n) is 7.10. The fourth-order valence-corrected chi connectivity index (χ4v) is 4.31. The van der Waals surface area contributed by atoms with Crippen LogP contribution in [0.15, 0.2) is 76.3 Å². The van der Waals surface area contributed by atoms with Crippen LogP contribution < -0.4 is 5.32 Å². The standard InChI is InChI=1S/C23H20FN3O3S/c1-15-4-2-5-18(12-15)26-23-27(14-19-6-3-11-30-19)22(29)20(31-23)13-21(28)25-17-9-7-16(24)8-10-17/h2-12,20H,13-14H2,1H3,(H,25,28). The fraction of sp³-hybridized carbons (Fsp3) is 0.174. The van der Waals surface area contributed by atoms with Crippen LogP contribution in [-0.2, 0) is 16.1 Å². The predicted octanol–water partition coefficient (Wildman–Crippen LogP) is 4.89. The van der Waals surface area contributed by atoms with Crippen LogP contribution in [0.1, 0.15) is 17.7 Å². The zero-order valence-corrected chi connectivity index (χ0v) is 17.6. The Morgan fingerprint density at radius 1 is 1.19 bits per heavy atom. The Morgan fingerprint density at radius 2 is 2.00 bits per heavy atom. The van der Waals surface area contributed by atoms with Crippen LogP contribution in [0.5, 0.6) is 0 Å². The van der Waals surface area contributed by atoms with Crippen molar-refractivity contribution in [3.63, 3.8) is 0 Å². The number of benzene rings is 2. The molecule has 1 saturated heterocycles. The van der Waals surface area contributed by atoms with Crippen LogP contribution >= 0.6 is 11.8 Å². The summed E-state index contributed by atoms with van der Waals surface area (Å²) in [7, 11) is 0. The molecule has 2 heterocycles. The van der Waals surface area contributed by atoms with E-state index in [1.807, 2.05) is 31.2 Å². The van der Waals surface area contributed by atoms with E-state index >= 15 is 0 Å². The molecule has 3 aromatic rings. The van der Waals surface area contributed by atoms with Gasteiger partial charge in [-0.1, -0.05) is 23.9 Å². The van der Waals surface area contributed by atoms with Crippen LogP contribution in [-0.4, -0.2) is 27.1 Å². The maximum absolute atomic E-state index is 13.1. The summed E-state index contributed by atoms with van der Waals surface area (Å²) in [5, 5.41) is 2.61. The lowest BCUT2D eigenvalue weighted by Crippen LogP contribution is -2.33. The summed E-state index contributed by atoms with van der Waals surface area (Å²) in [6, 6.07) is 16.7. The predicted molar refractivity (Wildman–Crippen MR) is 119 cm³/mol. The van der Waals surface area contributed by atoms with Gasteiger partial charge in [0.1, 0.15) is 16.8 Å². The lowest BCUT2D eigenvalue weighted by atomic mass is 10.2. The van der Waals surface area contributed by atoms with E-state index in [-0.39, 0.29) is 30.6 Å². The molecule has 1 N–H and O–H groups in total. The number of carbonyl (C=O) groups excluding carboxylic acids is 2. The summed E-state index contributed by atoms with van der Waals surface area (Å²) < 4.78 is 18.5. The molecule has 31 heavy (non-hydrogen) atoms. The molecule has 0 radical (unpaired) electrons. The van der Waals surface area contributed by atoms with E-state index in [1.54, 1.807) is 23.3 Å². The molecule has 0 aliphatic carbocycles. The Kier molecular flexibility index (Phi) is 6.18. The van der Waals surface area contributed by atoms with Crippen LogP contribution in [0, 0.1) is 12.7 Å². The Balaban J connectivity index is 1.52. The normalized spacial score (nSPS) is 17.4. The third-order valence-corrected chi connectivity index (χ3v) is 5.81. The van der Waals surface area contributed by atoms with Gasteiger partial charge in [0.2, 0.25) is 11.8 Å². The third-order valence-electron chi connectivity index (χ3n) is 4.64. The van der Waals surface area contributed by atoms with Crippen molar-refractivity contribution in [1.82, 2.24) is 4.90 Å². The Labute approximate surface area is 183 Å². The summed E-state index contributed by atoms with van der Waals surface area (Å²) in [6.45, 7) is 2.21. The molecule has 158 valence electrons. The molecule has 1 aromatic heterocycles. The van der Waals surface area contributed by atoms with Gasteiger partial charge in [-0.3, -0.25) is 14.5 Å². The summed E-state index contributed by atoms with van der Waals surface area (Å²) >= 11 is 1.25. The van der Waals surface area contributed by atoms with Gasteiger partial charge in [0.15, 0.2) is 5.17 Å². The number of furan rings is 1. The van der Waals surface area contributed by atoms with Gasteiger partial charge < -0.3 is 9.73 Å². The minimum absolute atomic E-state index is 0.0254. The number of nitrogens with one attached hydrogen (secondary N) is 1. The zero-order valence-electron chi connectivity index (χ0n) is 16.7. The molecule has 1 aliphatic rings.